The van der Waals surface area contributed by atoms with Crippen LogP contribution < -0.4 is 5.32 Å². The number of rotatable bonds is 11. The molecule has 2 aromatic rings. The molecule has 6 nitrogen and oxygen atoms in total. The Bertz CT molecular complexity index is 1400. The summed E-state index contributed by atoms with van der Waals surface area (Å²) in [6.45, 7) is 0. The number of halogens is 14. The van der Waals surface area contributed by atoms with E-state index in [9.17, 15) is 80.6 Å². The van der Waals surface area contributed by atoms with Crippen LogP contribution in [0, 0.1) is 10.1 Å². The van der Waals surface area contributed by atoms with Crippen LogP contribution in [0.1, 0.15) is 0 Å². The second-order valence-electron chi connectivity index (χ2n) is 7.83. The third-order valence-corrected chi connectivity index (χ3v) is 8.05. The van der Waals surface area contributed by atoms with Crippen molar-refractivity contribution in [1.82, 2.24) is 0 Å². The molecular formula is C20H10F14N2O4S3. The number of nitrogens with one attached hydrogen (secondary N) is 1. The number of nitro groups is 1. The van der Waals surface area contributed by atoms with Gasteiger partial charge in [0.15, 0.2) is 0 Å². The number of benzene rings is 2. The molecule has 2 rings (SSSR count). The lowest BCUT2D eigenvalue weighted by Gasteiger charge is -2.27. The van der Waals surface area contributed by atoms with Gasteiger partial charge in [-0.15, -0.1) is 0 Å². The summed E-state index contributed by atoms with van der Waals surface area (Å²) in [6, 6.07) is 3.86. The first-order valence-electron chi connectivity index (χ1n) is 10.3. The highest BCUT2D eigenvalue weighted by molar-refractivity contribution is 8.00. The van der Waals surface area contributed by atoms with Crippen LogP contribution in [-0.4, -0.2) is 55.5 Å². The van der Waals surface area contributed by atoms with E-state index < -0.39 is 112 Å². The number of hydrogen-bond acceptors (Lipinski definition) is 6. The lowest BCUT2D eigenvalue weighted by molar-refractivity contribution is -0.388. The molecule has 43 heavy (non-hydrogen) atoms. The molecule has 0 bridgehead atoms. The van der Waals surface area contributed by atoms with Gasteiger partial charge < -0.3 is 5.32 Å². The van der Waals surface area contributed by atoms with Gasteiger partial charge in [0.25, 0.3) is 5.69 Å². The van der Waals surface area contributed by atoms with Crippen molar-refractivity contribution in [2.45, 2.75) is 49.4 Å². The van der Waals surface area contributed by atoms with Gasteiger partial charge in [0, 0.05) is 21.5 Å². The van der Waals surface area contributed by atoms with Crippen LogP contribution in [0.15, 0.2) is 57.2 Å². The van der Waals surface area contributed by atoms with Gasteiger partial charge in [-0.05, 0) is 53.9 Å². The smallest absolute Gasteiger partial charge is 0.325 e. The fraction of sp³-hybridized carbons (Fsp3) is 0.350. The Morgan fingerprint density at radius 1 is 0.767 bits per heavy atom. The van der Waals surface area contributed by atoms with Crippen LogP contribution >= 0.6 is 23.5 Å². The highest BCUT2D eigenvalue weighted by atomic mass is 32.2. The van der Waals surface area contributed by atoms with Crippen molar-refractivity contribution < 1.29 is 75.4 Å². The number of nitro benzene ring substituents is 1. The number of carbonyl (C=O) groups is 1. The van der Waals surface area contributed by atoms with Gasteiger partial charge in [0.1, 0.15) is 10.6 Å². The molecule has 0 spiro atoms. The van der Waals surface area contributed by atoms with Crippen LogP contribution in [0.4, 0.5) is 72.8 Å². The summed E-state index contributed by atoms with van der Waals surface area (Å²) in [6.07, 6.45) is -13.3. The standard InChI is InChI=1S/C20H10F14N2O4S3/c21-15(22,17(25,26)27)19(31,32)41-10-3-1-2-9(6-10)35-14(37)8-43(40)13-5-4-11(7-12(13)36(38)39)42-20(33,34)16(23,24)18(28,29)30/h1-7H,8H2,(H,35,37). The highest BCUT2D eigenvalue weighted by Gasteiger charge is 2.74. The molecule has 0 aliphatic rings. The van der Waals surface area contributed by atoms with E-state index >= 15 is 0 Å². The topological polar surface area (TPSA) is 89.3 Å². The summed E-state index contributed by atoms with van der Waals surface area (Å²) >= 11 is -2.61. The molecule has 240 valence electrons. The largest absolute Gasteiger partial charge is 0.460 e. The fourth-order valence-electron chi connectivity index (χ4n) is 2.68. The van der Waals surface area contributed by atoms with Gasteiger partial charge >= 0.3 is 34.7 Å². The summed E-state index contributed by atoms with van der Waals surface area (Å²) in [5.74, 6) is -15.6. The van der Waals surface area contributed by atoms with Crippen molar-refractivity contribution in [3.05, 3.63) is 52.6 Å². The molecule has 1 N–H and O–H groups in total. The second kappa shape index (κ2) is 12.3. The summed E-state index contributed by atoms with van der Waals surface area (Å²) in [4.78, 5) is 19.2. The molecular weight excluding hydrogens is 694 g/mol. The zero-order valence-corrected chi connectivity index (χ0v) is 22.3. The molecule has 1 atom stereocenters. The highest BCUT2D eigenvalue weighted by Crippen LogP contribution is 2.55. The number of carbonyl (C=O) groups excluding carboxylic acids is 1. The Morgan fingerprint density at radius 3 is 1.67 bits per heavy atom. The van der Waals surface area contributed by atoms with Gasteiger partial charge in [-0.1, -0.05) is 6.07 Å². The maximum absolute atomic E-state index is 13.7. The first-order chi connectivity index (χ1) is 19.2. The van der Waals surface area contributed by atoms with Crippen molar-refractivity contribution in [3.63, 3.8) is 0 Å². The number of amides is 1. The van der Waals surface area contributed by atoms with E-state index in [0.29, 0.717) is 24.3 Å². The zero-order valence-electron chi connectivity index (χ0n) is 19.8. The summed E-state index contributed by atoms with van der Waals surface area (Å²) in [5.41, 5.74) is -1.85. The zero-order chi connectivity index (χ0) is 33.4. The second-order valence-corrected chi connectivity index (χ2v) is 11.6. The molecule has 1 amide bonds. The van der Waals surface area contributed by atoms with Crippen molar-refractivity contribution in [1.29, 1.82) is 0 Å². The first-order valence-corrected chi connectivity index (χ1v) is 13.3. The van der Waals surface area contributed by atoms with Crippen LogP contribution in [0.5, 0.6) is 0 Å². The van der Waals surface area contributed by atoms with E-state index in [0.717, 1.165) is 12.1 Å². The third-order valence-electron chi connectivity index (χ3n) is 4.69. The maximum atomic E-state index is 13.7. The Kier molecular flexibility index (Phi) is 10.4. The van der Waals surface area contributed by atoms with Crippen molar-refractivity contribution in [2.75, 3.05) is 11.1 Å². The number of nitrogens with zero attached hydrogens (tertiary/aromatic N) is 1. The van der Waals surface area contributed by atoms with E-state index in [4.69, 9.17) is 0 Å². The van der Waals surface area contributed by atoms with Gasteiger partial charge in [0.05, 0.1) is 15.7 Å². The third kappa shape index (κ3) is 8.02. The van der Waals surface area contributed by atoms with E-state index in [1.807, 2.05) is 5.32 Å². The van der Waals surface area contributed by atoms with Gasteiger partial charge in [-0.25, -0.2) is 0 Å². The minimum absolute atomic E-state index is 0.0910. The van der Waals surface area contributed by atoms with Crippen molar-refractivity contribution in [3.8, 4) is 0 Å². The molecule has 0 fully saturated rings. The lowest BCUT2D eigenvalue weighted by atomic mass is 10.3. The van der Waals surface area contributed by atoms with Gasteiger partial charge in [-0.2, -0.15) is 61.5 Å². The number of thioether (sulfide) groups is 2. The molecule has 2 aromatic carbocycles. The average Bonchev–Trinajstić information content (AvgIpc) is 2.81. The molecule has 23 heteroatoms. The Hall–Kier alpha value is -2.82. The first kappa shape index (κ1) is 36.4. The Labute approximate surface area is 240 Å². The summed E-state index contributed by atoms with van der Waals surface area (Å²) in [5, 5.41) is 1.66. The molecule has 0 radical (unpaired) electrons. The predicted molar refractivity (Wildman–Crippen MR) is 123 cm³/mol. The van der Waals surface area contributed by atoms with Crippen molar-refractivity contribution >= 4 is 51.6 Å². The van der Waals surface area contributed by atoms with Gasteiger partial charge in [0.2, 0.25) is 5.91 Å². The molecule has 0 heterocycles. The molecule has 0 aromatic heterocycles. The van der Waals surface area contributed by atoms with Crippen molar-refractivity contribution in [2.24, 2.45) is 0 Å². The van der Waals surface area contributed by atoms with E-state index in [-0.39, 0.29) is 6.07 Å². The predicted octanol–water partition coefficient (Wildman–Crippen LogP) is 8.11. The molecule has 1 unspecified atom stereocenters. The Balaban J connectivity index is 2.22. The van der Waals surface area contributed by atoms with Crippen LogP contribution in [-0.2, 0) is 15.6 Å². The lowest BCUT2D eigenvalue weighted by Crippen LogP contribution is -2.49. The minimum Gasteiger partial charge on any atom is -0.325 e. The normalized spacial score (nSPS) is 14.4. The van der Waals surface area contributed by atoms with Crippen LogP contribution in [0.25, 0.3) is 0 Å². The molecule has 0 saturated heterocycles. The quantitative estimate of drug-likeness (QED) is 0.110. The number of anilines is 1. The monoisotopic (exact) mass is 704 g/mol. The van der Waals surface area contributed by atoms with E-state index in [1.165, 1.54) is 0 Å². The Morgan fingerprint density at radius 2 is 1.23 bits per heavy atom. The van der Waals surface area contributed by atoms with Crippen LogP contribution in [0.3, 0.4) is 0 Å². The summed E-state index contributed by atoms with van der Waals surface area (Å²) in [7, 11) is -2.75. The van der Waals surface area contributed by atoms with Gasteiger partial charge in [-0.3, -0.25) is 19.1 Å². The molecule has 0 aliphatic heterocycles. The molecule has 0 saturated carbocycles. The average molecular weight is 704 g/mol. The van der Waals surface area contributed by atoms with E-state index in [2.05, 4.69) is 0 Å². The number of hydrogen-bond donors (Lipinski definition) is 1. The maximum Gasteiger partial charge on any atom is 0.460 e. The minimum atomic E-state index is -6.70. The number of alkyl halides is 14. The molecule has 0 aliphatic carbocycles. The SMILES string of the molecule is O=C(CS(=O)c1ccc(SC(F)(F)C(F)(F)C(F)(F)F)cc1[N+](=O)[O-])Nc1cccc(SC(F)(F)C(F)(F)C(F)(F)F)c1. The van der Waals surface area contributed by atoms with Crippen LogP contribution in [0.2, 0.25) is 0 Å². The van der Waals surface area contributed by atoms with E-state index in [1.54, 1.807) is 0 Å². The fourth-order valence-corrected chi connectivity index (χ4v) is 5.45. The summed E-state index contributed by atoms with van der Waals surface area (Å²) < 4.78 is 194.